The number of hydrogen-bond donors (Lipinski definition) is 0. The molecule has 1 aliphatic heterocycles. The topological polar surface area (TPSA) is 68.1 Å². The maximum absolute atomic E-state index is 13.4. The molecule has 1 aromatic heterocycles. The van der Waals surface area contributed by atoms with E-state index in [1.54, 1.807) is 11.6 Å². The molecule has 1 fully saturated rings. The fourth-order valence-electron chi connectivity index (χ4n) is 2.70. The van der Waals surface area contributed by atoms with Crippen LogP contribution in [0.25, 0.3) is 0 Å². The number of hydrogen-bond acceptors (Lipinski definition) is 4. The first kappa shape index (κ1) is 15.9. The number of rotatable bonds is 3. The van der Waals surface area contributed by atoms with Crippen molar-refractivity contribution < 1.29 is 21.6 Å². The van der Waals surface area contributed by atoms with Gasteiger partial charge < -0.3 is 4.57 Å². The van der Waals surface area contributed by atoms with Gasteiger partial charge in [0, 0.05) is 13.6 Å². The lowest BCUT2D eigenvalue weighted by Gasteiger charge is -2.23. The Hall–Kier alpha value is -1.94. The molecule has 1 aromatic carbocycles. The minimum Gasteiger partial charge on any atom is -0.319 e. The fraction of sp³-hybridized carbons (Fsp3) is 0.385. The van der Waals surface area contributed by atoms with E-state index >= 15 is 0 Å². The summed E-state index contributed by atoms with van der Waals surface area (Å²) in [6.07, 6.45) is 2.52. The molecular weight excluding hydrogens is 333 g/mol. The van der Waals surface area contributed by atoms with Gasteiger partial charge in [0.1, 0.15) is 6.33 Å². The van der Waals surface area contributed by atoms with Crippen LogP contribution in [0, 0.1) is 17.5 Å². The zero-order valence-electron chi connectivity index (χ0n) is 12.1. The molecule has 1 aliphatic rings. The van der Waals surface area contributed by atoms with Crippen LogP contribution in [-0.4, -0.2) is 34.0 Å². The molecular formula is C13H13F3N4O2S. The molecule has 6 nitrogen and oxygen atoms in total. The van der Waals surface area contributed by atoms with Gasteiger partial charge in [-0.05, 0) is 25.0 Å². The lowest BCUT2D eigenvalue weighted by atomic mass is 10.2. The Morgan fingerprint density at radius 3 is 2.43 bits per heavy atom. The summed E-state index contributed by atoms with van der Waals surface area (Å²) in [7, 11) is -2.51. The highest BCUT2D eigenvalue weighted by molar-refractivity contribution is 7.89. The molecule has 1 unspecified atom stereocenters. The predicted molar refractivity (Wildman–Crippen MR) is 73.2 cm³/mol. The molecule has 2 heterocycles. The second-order valence-corrected chi connectivity index (χ2v) is 7.17. The molecule has 23 heavy (non-hydrogen) atoms. The summed E-state index contributed by atoms with van der Waals surface area (Å²) in [6, 6.07) is 0.392. The van der Waals surface area contributed by atoms with Crippen molar-refractivity contribution in [1.82, 2.24) is 19.1 Å². The SMILES string of the molecule is Cn1cnnc1C1CCCN1S(=O)(=O)c1cc(F)c(F)c(F)c1. The third kappa shape index (κ3) is 2.61. The predicted octanol–water partition coefficient (Wildman–Crippen LogP) is 1.76. The van der Waals surface area contributed by atoms with Crippen molar-refractivity contribution >= 4 is 10.0 Å². The van der Waals surface area contributed by atoms with E-state index in [0.717, 1.165) is 4.31 Å². The van der Waals surface area contributed by atoms with Crippen LogP contribution in [0.15, 0.2) is 23.4 Å². The molecule has 0 saturated carbocycles. The zero-order chi connectivity index (χ0) is 16.8. The second kappa shape index (κ2) is 5.60. The normalized spacial score (nSPS) is 19.4. The van der Waals surface area contributed by atoms with Crippen molar-refractivity contribution in [2.75, 3.05) is 6.54 Å². The number of aryl methyl sites for hydroxylation is 1. The van der Waals surface area contributed by atoms with Gasteiger partial charge in [-0.3, -0.25) is 0 Å². The fourth-order valence-corrected chi connectivity index (χ4v) is 4.38. The molecule has 0 radical (unpaired) electrons. The molecule has 2 aromatic rings. The summed E-state index contributed by atoms with van der Waals surface area (Å²) >= 11 is 0. The van der Waals surface area contributed by atoms with Crippen LogP contribution < -0.4 is 0 Å². The van der Waals surface area contributed by atoms with Crippen LogP contribution in [0.1, 0.15) is 24.7 Å². The summed E-state index contributed by atoms with van der Waals surface area (Å²) in [5.41, 5.74) is 0. The van der Waals surface area contributed by atoms with Gasteiger partial charge in [-0.25, -0.2) is 21.6 Å². The third-order valence-electron chi connectivity index (χ3n) is 3.81. The van der Waals surface area contributed by atoms with E-state index in [1.165, 1.54) is 6.33 Å². The summed E-state index contributed by atoms with van der Waals surface area (Å²) in [5.74, 6) is -4.35. The maximum Gasteiger partial charge on any atom is 0.243 e. The molecule has 124 valence electrons. The van der Waals surface area contributed by atoms with E-state index in [-0.39, 0.29) is 6.54 Å². The average molecular weight is 346 g/mol. The lowest BCUT2D eigenvalue weighted by molar-refractivity contribution is 0.375. The van der Waals surface area contributed by atoms with E-state index < -0.39 is 38.4 Å². The minimum atomic E-state index is -4.19. The molecule has 0 aliphatic carbocycles. The molecule has 10 heteroatoms. The number of nitrogens with zero attached hydrogens (tertiary/aromatic N) is 4. The first-order chi connectivity index (χ1) is 10.8. The van der Waals surface area contributed by atoms with Gasteiger partial charge >= 0.3 is 0 Å². The Kier molecular flexibility index (Phi) is 3.88. The largest absolute Gasteiger partial charge is 0.319 e. The highest BCUT2D eigenvalue weighted by atomic mass is 32.2. The monoisotopic (exact) mass is 346 g/mol. The van der Waals surface area contributed by atoms with Crippen molar-refractivity contribution in [2.24, 2.45) is 7.05 Å². The maximum atomic E-state index is 13.4. The van der Waals surface area contributed by atoms with Crippen LogP contribution in [0.4, 0.5) is 13.2 Å². The van der Waals surface area contributed by atoms with Gasteiger partial charge in [-0.15, -0.1) is 10.2 Å². The van der Waals surface area contributed by atoms with Crippen LogP contribution >= 0.6 is 0 Å². The Bertz CT molecular complexity index is 830. The Morgan fingerprint density at radius 1 is 1.22 bits per heavy atom. The molecule has 1 saturated heterocycles. The Labute approximate surface area is 130 Å². The Morgan fingerprint density at radius 2 is 1.87 bits per heavy atom. The van der Waals surface area contributed by atoms with Gasteiger partial charge in [0.25, 0.3) is 0 Å². The number of sulfonamides is 1. The van der Waals surface area contributed by atoms with Crippen LogP contribution in [0.3, 0.4) is 0 Å². The third-order valence-corrected chi connectivity index (χ3v) is 5.70. The van der Waals surface area contributed by atoms with Gasteiger partial charge in [0.05, 0.1) is 10.9 Å². The van der Waals surface area contributed by atoms with Crippen LogP contribution in [0.5, 0.6) is 0 Å². The standard InChI is InChI=1S/C13H13F3N4O2S/c1-19-7-17-18-13(19)11-3-2-4-20(11)23(21,22)8-5-9(14)12(16)10(15)6-8/h5-7,11H,2-4H2,1H3. The molecule has 0 spiro atoms. The van der Waals surface area contributed by atoms with Crippen LogP contribution in [-0.2, 0) is 17.1 Å². The quantitative estimate of drug-likeness (QED) is 0.794. The molecule has 0 bridgehead atoms. The van der Waals surface area contributed by atoms with Gasteiger partial charge in [0.2, 0.25) is 10.0 Å². The summed E-state index contributed by atoms with van der Waals surface area (Å²) < 4.78 is 67.8. The first-order valence-electron chi connectivity index (χ1n) is 6.82. The van der Waals surface area contributed by atoms with E-state index in [9.17, 15) is 21.6 Å². The van der Waals surface area contributed by atoms with E-state index in [1.807, 2.05) is 0 Å². The summed E-state index contributed by atoms with van der Waals surface area (Å²) in [4.78, 5) is -0.622. The van der Waals surface area contributed by atoms with Crippen molar-refractivity contribution in [3.63, 3.8) is 0 Å². The van der Waals surface area contributed by atoms with Crippen LogP contribution in [0.2, 0.25) is 0 Å². The number of benzene rings is 1. The smallest absolute Gasteiger partial charge is 0.243 e. The van der Waals surface area contributed by atoms with Gasteiger partial charge in [-0.1, -0.05) is 0 Å². The van der Waals surface area contributed by atoms with E-state index in [0.29, 0.717) is 30.8 Å². The van der Waals surface area contributed by atoms with E-state index in [4.69, 9.17) is 0 Å². The number of aromatic nitrogens is 3. The second-order valence-electron chi connectivity index (χ2n) is 5.27. The molecule has 0 amide bonds. The first-order valence-corrected chi connectivity index (χ1v) is 8.26. The van der Waals surface area contributed by atoms with Crippen molar-refractivity contribution in [3.05, 3.63) is 41.7 Å². The number of halogens is 3. The molecule has 3 rings (SSSR count). The lowest BCUT2D eigenvalue weighted by Crippen LogP contribution is -2.32. The van der Waals surface area contributed by atoms with Gasteiger partial charge in [-0.2, -0.15) is 4.31 Å². The molecule has 0 N–H and O–H groups in total. The summed E-state index contributed by atoms with van der Waals surface area (Å²) in [5, 5.41) is 7.62. The van der Waals surface area contributed by atoms with Crippen molar-refractivity contribution in [1.29, 1.82) is 0 Å². The summed E-state index contributed by atoms with van der Waals surface area (Å²) in [6.45, 7) is 0.181. The highest BCUT2D eigenvalue weighted by Crippen LogP contribution is 2.35. The zero-order valence-corrected chi connectivity index (χ0v) is 12.9. The molecule has 1 atom stereocenters. The average Bonchev–Trinajstić information content (AvgIpc) is 3.12. The van der Waals surface area contributed by atoms with Crippen molar-refractivity contribution in [3.8, 4) is 0 Å². The Balaban J connectivity index is 2.04. The van der Waals surface area contributed by atoms with Crippen molar-refractivity contribution in [2.45, 2.75) is 23.8 Å². The minimum absolute atomic E-state index is 0.181. The highest BCUT2D eigenvalue weighted by Gasteiger charge is 2.39. The van der Waals surface area contributed by atoms with E-state index in [2.05, 4.69) is 10.2 Å². The van der Waals surface area contributed by atoms with Gasteiger partial charge in [0.15, 0.2) is 23.3 Å².